The molecule has 1 atom stereocenters. The number of carbonyl (C=O) groups excluding carboxylic acids is 1. The molecule has 2 aliphatic carbocycles. The Morgan fingerprint density at radius 2 is 1.79 bits per heavy atom. The highest BCUT2D eigenvalue weighted by Crippen LogP contribution is 2.38. The van der Waals surface area contributed by atoms with E-state index in [0.717, 1.165) is 79.4 Å². The minimum absolute atomic E-state index is 0.0369. The van der Waals surface area contributed by atoms with Gasteiger partial charge in [0.15, 0.2) is 0 Å². The molecular formula is C35H48N7O5S-. The van der Waals surface area contributed by atoms with Gasteiger partial charge in [0.05, 0.1) is 19.3 Å². The van der Waals surface area contributed by atoms with E-state index >= 15 is 0 Å². The average Bonchev–Trinajstić information content (AvgIpc) is 3.73. The third-order valence-electron chi connectivity index (χ3n) is 9.85. The van der Waals surface area contributed by atoms with Crippen molar-refractivity contribution in [2.24, 2.45) is 0 Å². The molecule has 48 heavy (non-hydrogen) atoms. The third kappa shape index (κ3) is 7.85. The molecule has 0 radical (unpaired) electrons. The van der Waals surface area contributed by atoms with Crippen LogP contribution in [0.3, 0.4) is 0 Å². The molecular weight excluding hydrogens is 630 g/mol. The molecule has 2 heterocycles. The summed E-state index contributed by atoms with van der Waals surface area (Å²) in [6.45, 7) is 10.3. The fraction of sp³-hybridized carbons (Fsp3) is 0.571. The van der Waals surface area contributed by atoms with Gasteiger partial charge in [0.25, 0.3) is 0 Å². The summed E-state index contributed by atoms with van der Waals surface area (Å²) >= 11 is -2.44. The molecule has 1 saturated carbocycles. The summed E-state index contributed by atoms with van der Waals surface area (Å²) < 4.78 is 39.2. The number of hydrogen-bond acceptors (Lipinski definition) is 8. The second-order valence-electron chi connectivity index (χ2n) is 14.1. The highest BCUT2D eigenvalue weighted by molar-refractivity contribution is 7.77. The maximum atomic E-state index is 13.4. The van der Waals surface area contributed by atoms with Gasteiger partial charge in [-0.3, -0.25) is 9.11 Å². The maximum Gasteiger partial charge on any atom is 0.323 e. The summed E-state index contributed by atoms with van der Waals surface area (Å²) in [6.07, 6.45) is 9.14. The molecule has 13 heteroatoms. The minimum atomic E-state index is -2.44. The first kappa shape index (κ1) is 34.3. The molecule has 3 aromatic rings. The Hall–Kier alpha value is -3.52. The Bertz CT molecular complexity index is 1650. The third-order valence-corrected chi connectivity index (χ3v) is 10.2. The summed E-state index contributed by atoms with van der Waals surface area (Å²) in [5, 5.41) is 15.2. The van der Waals surface area contributed by atoms with Crippen molar-refractivity contribution in [3.8, 4) is 11.5 Å². The Kier molecular flexibility index (Phi) is 10.7. The maximum absolute atomic E-state index is 13.4. The van der Waals surface area contributed by atoms with Gasteiger partial charge in [0, 0.05) is 54.6 Å². The predicted molar refractivity (Wildman–Crippen MR) is 185 cm³/mol. The normalized spacial score (nSPS) is 17.4. The van der Waals surface area contributed by atoms with E-state index < -0.39 is 17.3 Å². The second kappa shape index (κ2) is 14.9. The number of nitrogens with one attached hydrogen (secondary N) is 3. The predicted octanol–water partition coefficient (Wildman–Crippen LogP) is 5.54. The molecule has 1 fully saturated rings. The van der Waals surface area contributed by atoms with E-state index in [4.69, 9.17) is 9.47 Å². The van der Waals surface area contributed by atoms with Crippen molar-refractivity contribution >= 4 is 28.7 Å². The van der Waals surface area contributed by atoms with Crippen molar-refractivity contribution in [2.75, 3.05) is 37.4 Å². The van der Waals surface area contributed by atoms with Gasteiger partial charge in [-0.1, -0.05) is 46.1 Å². The molecule has 0 spiro atoms. The van der Waals surface area contributed by atoms with Gasteiger partial charge in [0.2, 0.25) is 0 Å². The highest BCUT2D eigenvalue weighted by atomic mass is 32.2. The van der Waals surface area contributed by atoms with Crippen LogP contribution in [-0.4, -0.2) is 61.3 Å². The van der Waals surface area contributed by atoms with Crippen LogP contribution < -0.4 is 24.8 Å². The van der Waals surface area contributed by atoms with E-state index in [1.807, 2.05) is 24.3 Å². The number of fused-ring (bicyclic) bond motifs is 2. The number of anilines is 2. The Labute approximate surface area is 285 Å². The zero-order chi connectivity index (χ0) is 33.8. The van der Waals surface area contributed by atoms with Gasteiger partial charge in [-0.2, -0.15) is 0 Å². The van der Waals surface area contributed by atoms with Gasteiger partial charge in [-0.05, 0) is 72.4 Å². The lowest BCUT2D eigenvalue weighted by Gasteiger charge is -2.29. The number of amides is 2. The number of ether oxygens (including phenoxy) is 2. The van der Waals surface area contributed by atoms with Gasteiger partial charge in [-0.15, -0.1) is 10.2 Å². The average molecular weight is 679 g/mol. The Morgan fingerprint density at radius 3 is 2.54 bits per heavy atom. The van der Waals surface area contributed by atoms with Crippen LogP contribution in [0.5, 0.6) is 11.5 Å². The van der Waals surface area contributed by atoms with Crippen LogP contribution in [0.4, 0.5) is 16.2 Å². The minimum Gasteiger partial charge on any atom is -0.760 e. The van der Waals surface area contributed by atoms with Crippen LogP contribution in [0.2, 0.25) is 0 Å². The summed E-state index contributed by atoms with van der Waals surface area (Å²) in [5.74, 6) is 4.09. The number of hydrogen-bond donors (Lipinski definition) is 3. The zero-order valence-corrected chi connectivity index (χ0v) is 29.3. The van der Waals surface area contributed by atoms with Gasteiger partial charge < -0.3 is 29.2 Å². The number of urea groups is 1. The lowest BCUT2D eigenvalue weighted by molar-refractivity contribution is 0.172. The van der Waals surface area contributed by atoms with E-state index in [2.05, 4.69) is 55.8 Å². The first-order valence-corrected chi connectivity index (χ1v) is 18.2. The molecule has 2 aromatic carbocycles. The van der Waals surface area contributed by atoms with Gasteiger partial charge in [0.1, 0.15) is 29.8 Å². The van der Waals surface area contributed by atoms with E-state index in [1.165, 1.54) is 45.0 Å². The number of nitrogens with zero attached hydrogens (tertiary/aromatic N) is 4. The van der Waals surface area contributed by atoms with Crippen LogP contribution in [0.1, 0.15) is 99.1 Å². The van der Waals surface area contributed by atoms with Crippen molar-refractivity contribution < 1.29 is 23.0 Å². The lowest BCUT2D eigenvalue weighted by atomic mass is 9.85. The fourth-order valence-electron chi connectivity index (χ4n) is 7.29. The molecule has 1 aromatic heterocycles. The molecule has 0 saturated heterocycles. The van der Waals surface area contributed by atoms with Crippen molar-refractivity contribution in [1.82, 2.24) is 24.4 Å². The van der Waals surface area contributed by atoms with Gasteiger partial charge >= 0.3 is 6.03 Å². The fourth-order valence-corrected chi connectivity index (χ4v) is 7.57. The van der Waals surface area contributed by atoms with E-state index in [0.29, 0.717) is 29.5 Å². The number of methoxy groups -OCH3 is 1. The summed E-state index contributed by atoms with van der Waals surface area (Å²) in [7, 11) is 1.50. The molecule has 0 bridgehead atoms. The second-order valence-corrected chi connectivity index (χ2v) is 14.9. The van der Waals surface area contributed by atoms with Crippen LogP contribution in [0.25, 0.3) is 0 Å². The summed E-state index contributed by atoms with van der Waals surface area (Å²) in [4.78, 5) is 15.7. The van der Waals surface area contributed by atoms with Crippen molar-refractivity contribution in [3.63, 3.8) is 0 Å². The molecule has 1 aliphatic heterocycles. The molecule has 3 aliphatic rings. The van der Waals surface area contributed by atoms with Crippen LogP contribution >= 0.6 is 0 Å². The summed E-state index contributed by atoms with van der Waals surface area (Å²) in [5.41, 5.74) is 4.79. The van der Waals surface area contributed by atoms with Crippen LogP contribution in [0, 0.1) is 0 Å². The monoisotopic (exact) mass is 678 g/mol. The lowest BCUT2D eigenvalue weighted by Crippen LogP contribution is -2.37. The van der Waals surface area contributed by atoms with Gasteiger partial charge in [-0.25, -0.2) is 9.52 Å². The zero-order valence-electron chi connectivity index (χ0n) is 28.5. The molecule has 1 unspecified atom stereocenters. The number of benzene rings is 2. The molecule has 6 rings (SSSR count). The number of rotatable bonds is 11. The SMILES string of the molecule is COc1c(CNS(=O)[O-])cc(C(C)(C)C)cc1NC(=O)Nc1ccc(OCCN2CCn3c(nnc3C3CCCCC3)C2)c2c1CCC2. The standard InChI is InChI=1S/C35H49N7O5S/c1-35(2,3)25-19-24(21-36-48(44)45)32(46-4)29(20-25)38-34(43)37-28-13-14-30(27-12-8-11-26(27)28)47-18-17-41-15-16-42-31(22-41)39-40-33(42)23-9-6-5-7-10-23/h13-14,19-20,23,36H,5-12,15-18,21-22H2,1-4H3,(H,44,45)(H2,37,38,43)/p-1. The Balaban J connectivity index is 1.08. The van der Waals surface area contributed by atoms with Crippen LogP contribution in [0.15, 0.2) is 24.3 Å². The van der Waals surface area contributed by atoms with Crippen molar-refractivity contribution in [3.05, 3.63) is 58.2 Å². The smallest absolute Gasteiger partial charge is 0.323 e. The first-order valence-electron chi connectivity index (χ1n) is 17.1. The molecule has 12 nitrogen and oxygen atoms in total. The van der Waals surface area contributed by atoms with E-state index in [1.54, 1.807) is 0 Å². The first-order chi connectivity index (χ1) is 23.1. The van der Waals surface area contributed by atoms with E-state index in [9.17, 15) is 13.6 Å². The Morgan fingerprint density at radius 1 is 1.02 bits per heavy atom. The number of aromatic nitrogens is 3. The largest absolute Gasteiger partial charge is 0.760 e. The van der Waals surface area contributed by atoms with Crippen molar-refractivity contribution in [1.29, 1.82) is 0 Å². The number of carbonyl (C=O) groups is 1. The molecule has 3 N–H and O–H groups in total. The van der Waals surface area contributed by atoms with E-state index in [-0.39, 0.29) is 12.0 Å². The quantitative estimate of drug-likeness (QED) is 0.224. The topological polar surface area (TPSA) is 146 Å². The molecule has 2 amide bonds. The molecule has 260 valence electrons. The van der Waals surface area contributed by atoms with Crippen molar-refractivity contribution in [2.45, 2.75) is 103 Å². The highest BCUT2D eigenvalue weighted by Gasteiger charge is 2.27. The summed E-state index contributed by atoms with van der Waals surface area (Å²) in [6, 6.07) is 7.24. The van der Waals surface area contributed by atoms with Crippen LogP contribution in [-0.2, 0) is 49.2 Å².